The minimum atomic E-state index is -0.823. The van der Waals surface area contributed by atoms with Crippen LogP contribution in [0.1, 0.15) is 44.1 Å². The minimum absolute atomic E-state index is 0.0514. The van der Waals surface area contributed by atoms with E-state index < -0.39 is 11.9 Å². The van der Waals surface area contributed by atoms with Gasteiger partial charge in [0.2, 0.25) is 11.8 Å². The summed E-state index contributed by atoms with van der Waals surface area (Å²) in [5.74, 6) is -1.33. The van der Waals surface area contributed by atoms with Crippen molar-refractivity contribution in [1.82, 2.24) is 10.2 Å². The molecule has 2 N–H and O–H groups in total. The maximum Gasteiger partial charge on any atom is 0.308 e. The van der Waals surface area contributed by atoms with Crippen LogP contribution in [0, 0.1) is 11.8 Å². The smallest absolute Gasteiger partial charge is 0.308 e. The first-order valence-electron chi connectivity index (χ1n) is 9.89. The van der Waals surface area contributed by atoms with E-state index in [0.717, 1.165) is 24.8 Å². The lowest BCUT2D eigenvalue weighted by Gasteiger charge is -2.32. The van der Waals surface area contributed by atoms with Gasteiger partial charge >= 0.3 is 5.97 Å². The Hall–Kier alpha value is -2.37. The van der Waals surface area contributed by atoms with Crippen molar-refractivity contribution in [1.29, 1.82) is 0 Å². The van der Waals surface area contributed by atoms with Gasteiger partial charge in [0.25, 0.3) is 0 Å². The van der Waals surface area contributed by atoms with Crippen molar-refractivity contribution in [2.45, 2.75) is 51.0 Å². The molecule has 2 aliphatic rings. The van der Waals surface area contributed by atoms with Crippen molar-refractivity contribution in [3.8, 4) is 0 Å². The van der Waals surface area contributed by atoms with E-state index in [4.69, 9.17) is 0 Å². The van der Waals surface area contributed by atoms with Gasteiger partial charge in [-0.3, -0.25) is 14.4 Å². The summed E-state index contributed by atoms with van der Waals surface area (Å²) in [6, 6.07) is 9.72. The highest BCUT2D eigenvalue weighted by atomic mass is 16.4. The molecule has 6 heteroatoms. The number of hydrogen-bond donors (Lipinski definition) is 2. The molecule has 1 aromatic rings. The molecule has 2 amide bonds. The normalized spacial score (nSPS) is 23.2. The second-order valence-corrected chi connectivity index (χ2v) is 7.63. The number of rotatable bonds is 6. The number of hydrogen-bond acceptors (Lipinski definition) is 3. The van der Waals surface area contributed by atoms with Crippen molar-refractivity contribution in [2.24, 2.45) is 11.8 Å². The van der Waals surface area contributed by atoms with Crippen molar-refractivity contribution in [2.75, 3.05) is 13.1 Å². The van der Waals surface area contributed by atoms with Gasteiger partial charge in [0, 0.05) is 31.5 Å². The van der Waals surface area contributed by atoms with Gasteiger partial charge in [0.05, 0.1) is 5.92 Å². The fourth-order valence-corrected chi connectivity index (χ4v) is 4.17. The Morgan fingerprint density at radius 2 is 1.74 bits per heavy atom. The van der Waals surface area contributed by atoms with E-state index in [9.17, 15) is 19.5 Å². The molecule has 0 aromatic heterocycles. The summed E-state index contributed by atoms with van der Waals surface area (Å²) in [5, 5.41) is 12.2. The highest BCUT2D eigenvalue weighted by Crippen LogP contribution is 2.27. The Balaban J connectivity index is 1.42. The summed E-state index contributed by atoms with van der Waals surface area (Å²) in [7, 11) is 0. The lowest BCUT2D eigenvalue weighted by atomic mass is 9.94. The summed E-state index contributed by atoms with van der Waals surface area (Å²) in [4.78, 5) is 38.0. The minimum Gasteiger partial charge on any atom is -0.481 e. The standard InChI is InChI=1S/C21H28N2O4/c24-19(10-9-15-5-2-1-3-6-15)23-13-11-16(12-14-23)20(25)22-18-8-4-7-17(18)21(26)27/h1-3,5-6,16-18H,4,7-14H2,(H,22,25)(H,26,27)/t17-,18+/m1/s1. The van der Waals surface area contributed by atoms with Crippen LogP contribution in [0.2, 0.25) is 0 Å². The molecule has 1 saturated carbocycles. The third-order valence-corrected chi connectivity index (χ3v) is 5.85. The summed E-state index contributed by atoms with van der Waals surface area (Å²) in [6.07, 6.45) is 4.73. The van der Waals surface area contributed by atoms with E-state index in [1.807, 2.05) is 35.2 Å². The van der Waals surface area contributed by atoms with E-state index in [-0.39, 0.29) is 23.8 Å². The topological polar surface area (TPSA) is 86.7 Å². The molecule has 1 saturated heterocycles. The number of nitrogens with zero attached hydrogens (tertiary/aromatic N) is 1. The highest BCUT2D eigenvalue weighted by Gasteiger charge is 2.36. The Morgan fingerprint density at radius 3 is 2.41 bits per heavy atom. The van der Waals surface area contributed by atoms with Gasteiger partial charge in [0.15, 0.2) is 0 Å². The average molecular weight is 372 g/mol. The number of amides is 2. The number of aryl methyl sites for hydroxylation is 1. The molecule has 27 heavy (non-hydrogen) atoms. The number of carboxylic acids is 1. The van der Waals surface area contributed by atoms with Crippen LogP contribution in [0.25, 0.3) is 0 Å². The predicted molar refractivity (Wildman–Crippen MR) is 101 cm³/mol. The van der Waals surface area contributed by atoms with Crippen LogP contribution >= 0.6 is 0 Å². The van der Waals surface area contributed by atoms with Crippen LogP contribution in [-0.2, 0) is 20.8 Å². The maximum absolute atomic E-state index is 12.5. The third-order valence-electron chi connectivity index (χ3n) is 5.85. The number of piperidine rings is 1. The maximum atomic E-state index is 12.5. The Labute approximate surface area is 159 Å². The van der Waals surface area contributed by atoms with Crippen molar-refractivity contribution >= 4 is 17.8 Å². The molecule has 146 valence electrons. The summed E-state index contributed by atoms with van der Waals surface area (Å²) < 4.78 is 0. The van der Waals surface area contributed by atoms with Crippen LogP contribution in [0.15, 0.2) is 30.3 Å². The highest BCUT2D eigenvalue weighted by molar-refractivity contribution is 5.81. The summed E-state index contributed by atoms with van der Waals surface area (Å²) in [6.45, 7) is 1.19. The summed E-state index contributed by atoms with van der Waals surface area (Å²) in [5.41, 5.74) is 1.16. The second kappa shape index (κ2) is 9.02. The largest absolute Gasteiger partial charge is 0.481 e. The van der Waals surface area contributed by atoms with Crippen LogP contribution in [-0.4, -0.2) is 46.9 Å². The number of carboxylic acid groups (broad SMARTS) is 1. The number of benzene rings is 1. The number of carbonyl (C=O) groups excluding carboxylic acids is 2. The fraction of sp³-hybridized carbons (Fsp3) is 0.571. The lowest BCUT2D eigenvalue weighted by molar-refractivity contribution is -0.143. The molecule has 1 aliphatic heterocycles. The Morgan fingerprint density at radius 1 is 1.04 bits per heavy atom. The number of likely N-dealkylation sites (tertiary alicyclic amines) is 1. The SMILES string of the molecule is O=C(N[C@H]1CCC[C@H]1C(=O)O)C1CCN(C(=O)CCc2ccccc2)CC1. The van der Waals surface area contributed by atoms with Crippen molar-refractivity contribution in [3.63, 3.8) is 0 Å². The average Bonchev–Trinajstić information content (AvgIpc) is 3.15. The molecule has 2 fully saturated rings. The van der Waals surface area contributed by atoms with Crippen LogP contribution < -0.4 is 5.32 Å². The molecule has 2 atom stereocenters. The van der Waals surface area contributed by atoms with Gasteiger partial charge in [-0.1, -0.05) is 36.8 Å². The first-order chi connectivity index (χ1) is 13.0. The van der Waals surface area contributed by atoms with E-state index in [1.54, 1.807) is 0 Å². The van der Waals surface area contributed by atoms with Gasteiger partial charge in [0.1, 0.15) is 0 Å². The molecule has 3 rings (SSSR count). The van der Waals surface area contributed by atoms with E-state index >= 15 is 0 Å². The predicted octanol–water partition coefficient (Wildman–Crippen LogP) is 2.23. The number of nitrogens with one attached hydrogen (secondary N) is 1. The molecule has 0 spiro atoms. The van der Waals surface area contributed by atoms with Crippen molar-refractivity contribution < 1.29 is 19.5 Å². The fourth-order valence-electron chi connectivity index (χ4n) is 4.17. The van der Waals surface area contributed by atoms with Crippen LogP contribution in [0.4, 0.5) is 0 Å². The zero-order valence-electron chi connectivity index (χ0n) is 15.6. The molecular formula is C21H28N2O4. The van der Waals surface area contributed by atoms with E-state index in [1.165, 1.54) is 0 Å². The van der Waals surface area contributed by atoms with Gasteiger partial charge < -0.3 is 15.3 Å². The molecule has 1 aliphatic carbocycles. The second-order valence-electron chi connectivity index (χ2n) is 7.63. The molecular weight excluding hydrogens is 344 g/mol. The molecule has 0 unspecified atom stereocenters. The van der Waals surface area contributed by atoms with E-state index in [2.05, 4.69) is 5.32 Å². The van der Waals surface area contributed by atoms with Crippen LogP contribution in [0.5, 0.6) is 0 Å². The molecule has 1 heterocycles. The molecule has 0 radical (unpaired) electrons. The van der Waals surface area contributed by atoms with Gasteiger partial charge in [-0.15, -0.1) is 0 Å². The number of aliphatic carboxylic acids is 1. The third kappa shape index (κ3) is 5.08. The molecule has 6 nitrogen and oxygen atoms in total. The Kier molecular flexibility index (Phi) is 6.48. The van der Waals surface area contributed by atoms with Gasteiger partial charge in [-0.2, -0.15) is 0 Å². The first kappa shape index (κ1) is 19.4. The van der Waals surface area contributed by atoms with Crippen LogP contribution in [0.3, 0.4) is 0 Å². The Bertz CT molecular complexity index is 668. The quantitative estimate of drug-likeness (QED) is 0.802. The molecule has 0 bridgehead atoms. The van der Waals surface area contributed by atoms with Crippen molar-refractivity contribution in [3.05, 3.63) is 35.9 Å². The van der Waals surface area contributed by atoms with E-state index in [0.29, 0.717) is 38.8 Å². The number of carbonyl (C=O) groups is 3. The zero-order chi connectivity index (χ0) is 19.2. The monoisotopic (exact) mass is 372 g/mol. The summed E-state index contributed by atoms with van der Waals surface area (Å²) >= 11 is 0. The van der Waals surface area contributed by atoms with Gasteiger partial charge in [-0.05, 0) is 37.7 Å². The molecule has 1 aromatic carbocycles. The lowest BCUT2D eigenvalue weighted by Crippen LogP contribution is -2.47. The zero-order valence-corrected chi connectivity index (χ0v) is 15.6. The first-order valence-corrected chi connectivity index (χ1v) is 9.89. The van der Waals surface area contributed by atoms with Gasteiger partial charge in [-0.25, -0.2) is 0 Å².